The minimum atomic E-state index is -1.86. The van der Waals surface area contributed by atoms with Gasteiger partial charge in [-0.1, -0.05) is 126 Å². The van der Waals surface area contributed by atoms with Crippen molar-refractivity contribution in [3.8, 4) is 46.0 Å². The van der Waals surface area contributed by atoms with E-state index in [1.807, 2.05) is 0 Å². The second kappa shape index (κ2) is 45.7. The number of anilines is 6. The summed E-state index contributed by atoms with van der Waals surface area (Å²) in [6.07, 6.45) is -1.60. The summed E-state index contributed by atoms with van der Waals surface area (Å²) in [6.45, 7) is 35.1. The van der Waals surface area contributed by atoms with Crippen LogP contribution in [0.1, 0.15) is 158 Å². The summed E-state index contributed by atoms with van der Waals surface area (Å²) in [6, 6.07) is 20.2. The van der Waals surface area contributed by atoms with Crippen molar-refractivity contribution in [2.75, 3.05) is 132 Å². The number of carbonyl (C=O) groups excluding carboxylic acids is 10. The van der Waals surface area contributed by atoms with Crippen LogP contribution in [0.15, 0.2) is 171 Å². The molecule has 0 radical (unpaired) electrons. The molecule has 12 amide bonds. The molecule has 4 fully saturated rings. The Hall–Kier alpha value is -15.4. The molecule has 8 aliphatic heterocycles. The average Bonchev–Trinajstić information content (AvgIpc) is 1.47. The van der Waals surface area contributed by atoms with Gasteiger partial charge in [0.1, 0.15) is 55.2 Å². The van der Waals surface area contributed by atoms with Gasteiger partial charge in [0.2, 0.25) is 23.6 Å². The Morgan fingerprint density at radius 2 is 0.854 bits per heavy atom. The highest BCUT2D eigenvalue weighted by molar-refractivity contribution is 6.08. The minimum Gasteiger partial charge on any atom is -0.493 e. The monoisotopic (exact) mass is 1980 g/mol. The molecule has 0 aliphatic carbocycles. The largest absolute Gasteiger partial charge is 0.493 e. The van der Waals surface area contributed by atoms with Gasteiger partial charge in [0, 0.05) is 87.8 Å². The molecule has 8 aliphatic rings. The Balaban J connectivity index is 0.906. The van der Waals surface area contributed by atoms with Crippen LogP contribution in [0.3, 0.4) is 0 Å². The quantitative estimate of drug-likeness (QED) is 0.0126. The van der Waals surface area contributed by atoms with Crippen LogP contribution in [0, 0.1) is 11.8 Å². The Kier molecular flexibility index (Phi) is 33.1. The summed E-state index contributed by atoms with van der Waals surface area (Å²) in [5.74, 6) is -3.93. The first-order chi connectivity index (χ1) is 68.9. The first-order valence-electron chi connectivity index (χ1n) is 48.3. The van der Waals surface area contributed by atoms with E-state index >= 15 is 4.79 Å². The molecule has 6 aromatic rings. The summed E-state index contributed by atoms with van der Waals surface area (Å²) in [5.41, 5.74) is 4.80. The number of methoxy groups -OCH3 is 4. The van der Waals surface area contributed by atoms with E-state index < -0.39 is 126 Å². The van der Waals surface area contributed by atoms with Crippen LogP contribution in [0.2, 0.25) is 0 Å². The lowest BCUT2D eigenvalue weighted by atomic mass is 9.81. The SMILES string of the molecule is C=CCOC(=O)N[C@H](C(=O)N[C@@H](C)C(=O)Nc1ccc(C[C@H](CCC[C@@](Cc2ccc(NC(=O)[C@H](C)NC(=O)[C@@H](NC(=O)OCC=C)C(C)C)cc2)(Oc2cc3c(cc2OC)C(=O)N2CC(=C)CC2CN3C(=O)O)[C@H](CCCCOc2cc3c(cc2OC)C(=O)N2CC(=C)CC2CN3)Oc2cc3c(cc2OC)C(=O)N2CC(=C)CC2CN3)Oc2cc3c(cc2OC)C(=O)N2CC(=C)CC2CN3C(=O)O)cc1)C(C)C. The third kappa shape index (κ3) is 23.8. The number of hydrogen-bond acceptors (Lipinski definition) is 24. The molecule has 0 bridgehead atoms. The summed E-state index contributed by atoms with van der Waals surface area (Å²) in [5, 5.41) is 45.9. The van der Waals surface area contributed by atoms with E-state index in [0.717, 1.165) is 32.1 Å². The van der Waals surface area contributed by atoms with E-state index in [9.17, 15) is 63.0 Å². The third-order valence-corrected chi connectivity index (χ3v) is 27.2. The molecule has 38 nitrogen and oxygen atoms in total. The number of rotatable bonds is 41. The second-order valence-electron chi connectivity index (χ2n) is 38.3. The van der Waals surface area contributed by atoms with Gasteiger partial charge in [-0.25, -0.2) is 19.2 Å². The fourth-order valence-electron chi connectivity index (χ4n) is 19.8. The van der Waals surface area contributed by atoms with Crippen LogP contribution in [-0.2, 0) is 41.5 Å². The molecular weight excluding hydrogens is 1850 g/mol. The number of nitrogens with zero attached hydrogens (tertiary/aromatic N) is 6. The predicted octanol–water partition coefficient (Wildman–Crippen LogP) is 13.3. The lowest BCUT2D eigenvalue weighted by Gasteiger charge is -2.42. The lowest BCUT2D eigenvalue weighted by molar-refractivity contribution is -0.128. The molecule has 38 heteroatoms. The maximum absolute atomic E-state index is 15.2. The molecule has 0 aromatic heterocycles. The zero-order valence-electron chi connectivity index (χ0n) is 82.9. The van der Waals surface area contributed by atoms with Crippen LogP contribution in [0.25, 0.3) is 0 Å². The predicted molar refractivity (Wildman–Crippen MR) is 539 cm³/mol. The summed E-state index contributed by atoms with van der Waals surface area (Å²) in [4.78, 5) is 178. The number of unbranched alkanes of at least 4 members (excludes halogenated alkanes) is 1. The van der Waals surface area contributed by atoms with Crippen molar-refractivity contribution in [2.45, 2.75) is 185 Å². The van der Waals surface area contributed by atoms with Gasteiger partial charge in [0.15, 0.2) is 46.0 Å². The maximum atomic E-state index is 15.2. The molecule has 0 spiro atoms. The van der Waals surface area contributed by atoms with Gasteiger partial charge in [-0.15, -0.1) is 0 Å². The number of carbonyl (C=O) groups is 12. The topological polar surface area (TPSA) is 453 Å². The van der Waals surface area contributed by atoms with Crippen molar-refractivity contribution >= 4 is 106 Å². The van der Waals surface area contributed by atoms with Crippen molar-refractivity contribution in [3.63, 3.8) is 0 Å². The number of alkyl carbamates (subject to hydrolysis) is 2. The van der Waals surface area contributed by atoms with Gasteiger partial charge in [0.25, 0.3) is 23.6 Å². The Morgan fingerprint density at radius 3 is 1.29 bits per heavy atom. The molecule has 766 valence electrons. The van der Waals surface area contributed by atoms with Crippen LogP contribution < -0.4 is 90.2 Å². The van der Waals surface area contributed by atoms with E-state index in [2.05, 4.69) is 82.0 Å². The fourth-order valence-corrected chi connectivity index (χ4v) is 19.8. The van der Waals surface area contributed by atoms with Crippen molar-refractivity contribution in [3.05, 3.63) is 204 Å². The van der Waals surface area contributed by atoms with E-state index in [1.54, 1.807) is 120 Å². The molecule has 11 atom stereocenters. The number of ether oxygens (including phenoxy) is 10. The smallest absolute Gasteiger partial charge is 0.411 e. The van der Waals surface area contributed by atoms with Gasteiger partial charge in [-0.05, 0) is 150 Å². The van der Waals surface area contributed by atoms with Crippen LogP contribution in [0.4, 0.5) is 53.3 Å². The normalized spacial score (nSPS) is 18.8. The minimum absolute atomic E-state index is 0.0153. The summed E-state index contributed by atoms with van der Waals surface area (Å²) in [7, 11) is 5.70. The average molecular weight is 1980 g/mol. The molecule has 144 heavy (non-hydrogen) atoms. The maximum Gasteiger partial charge on any atom is 0.411 e. The lowest BCUT2D eigenvalue weighted by Crippen LogP contribution is -2.53. The molecule has 10 N–H and O–H groups in total. The second-order valence-corrected chi connectivity index (χ2v) is 38.3. The molecule has 14 rings (SSSR count). The fraction of sp³-hybridized carbons (Fsp3) is 0.434. The Bertz CT molecular complexity index is 6000. The molecule has 0 saturated carbocycles. The number of hydrogen-bond donors (Lipinski definition) is 10. The molecule has 4 saturated heterocycles. The van der Waals surface area contributed by atoms with Gasteiger partial charge in [-0.2, -0.15) is 0 Å². The third-order valence-electron chi connectivity index (χ3n) is 27.2. The zero-order valence-corrected chi connectivity index (χ0v) is 82.9. The van der Waals surface area contributed by atoms with Gasteiger partial charge in [0.05, 0.1) is 117 Å². The number of carboxylic acid groups (broad SMARTS) is 2. The van der Waals surface area contributed by atoms with E-state index in [-0.39, 0.29) is 190 Å². The van der Waals surface area contributed by atoms with Crippen molar-refractivity contribution in [1.82, 2.24) is 40.9 Å². The van der Waals surface area contributed by atoms with Crippen LogP contribution in [0.5, 0.6) is 46.0 Å². The van der Waals surface area contributed by atoms with Crippen molar-refractivity contribution in [2.24, 2.45) is 11.8 Å². The van der Waals surface area contributed by atoms with E-state index in [0.29, 0.717) is 97.1 Å². The van der Waals surface area contributed by atoms with Gasteiger partial charge < -0.3 is 120 Å². The van der Waals surface area contributed by atoms with Crippen LogP contribution >= 0.6 is 0 Å². The molecule has 8 heterocycles. The highest BCUT2D eigenvalue weighted by Gasteiger charge is 2.49. The Morgan fingerprint density at radius 1 is 0.458 bits per heavy atom. The molecular formula is C106H128N14O24. The van der Waals surface area contributed by atoms with Crippen molar-refractivity contribution in [1.29, 1.82) is 0 Å². The van der Waals surface area contributed by atoms with Gasteiger partial charge in [-0.3, -0.25) is 48.2 Å². The molecule has 4 unspecified atom stereocenters. The van der Waals surface area contributed by atoms with Crippen LogP contribution in [-0.4, -0.2) is 268 Å². The standard InChI is InChI=1S/C106H128N14O24/c1-17-33-140-102(129)113-92(58(3)4)96(123)109-64(11)94(121)111-68-28-24-66(25-29-68)40-74(142-89-47-81-77(43-85(89)137-15)100(127)117-54-62(9)38-72(117)56-119(81)104(131)132)22-21-32-106(144-90-48-82-78(44-86(90)138-16)101(128)118-55-63(10)39-73(118)57-120(82)105(133)134,49-67-26-30-69(31-27-67)112-95(122)65(12)110-97(124)93(59(5)6)114-103(130)141-34-18-2)91(143-88-46-80-76(42-84(88)136-14)99(126)116-53-61(8)37-71(116)51-108-80)23-19-20-35-139-87-45-79-75(41-83(87)135-13)98(125)115-52-60(7)36-70(115)50-107-79/h17-18,24-31,41-48,58-59,64-65,70-74,91-93,107-108H,1-2,7-10,19-23,32-40,49-57H2,3-6,11-16H3,(H,109,123)(H,110,124)(H,111,121)(H,112,122)(H,113,129)(H,114,130)(H,131,132)(H,133,134)/t64-,65-,70?,71?,72?,73?,74-,91-,92-,93-,106-/m0/s1. The highest BCUT2D eigenvalue weighted by Crippen LogP contribution is 2.49. The first-order valence-corrected chi connectivity index (χ1v) is 48.3. The molecule has 6 aromatic carbocycles. The summed E-state index contributed by atoms with van der Waals surface area (Å²) >= 11 is 0. The van der Waals surface area contributed by atoms with Gasteiger partial charge >= 0.3 is 24.4 Å². The summed E-state index contributed by atoms with van der Waals surface area (Å²) < 4.78 is 64.9. The number of fused-ring (bicyclic) bond motifs is 8. The number of benzene rings is 6. The van der Waals surface area contributed by atoms with Crippen molar-refractivity contribution < 1.29 is 115 Å². The van der Waals surface area contributed by atoms with E-state index in [4.69, 9.17) is 47.4 Å². The number of nitrogens with one attached hydrogen (secondary N) is 8. The zero-order chi connectivity index (χ0) is 103. The highest BCUT2D eigenvalue weighted by atomic mass is 16.6. The number of amides is 12. The first kappa shape index (κ1) is 104. The van der Waals surface area contributed by atoms with E-state index in [1.165, 1.54) is 78.7 Å². The Labute approximate surface area is 836 Å².